The zero-order valence-corrected chi connectivity index (χ0v) is 14.4. The summed E-state index contributed by atoms with van der Waals surface area (Å²) in [4.78, 5) is 10.6. The van der Waals surface area contributed by atoms with Crippen LogP contribution in [0.25, 0.3) is 0 Å². The molecule has 0 amide bonds. The first-order valence-corrected chi connectivity index (χ1v) is 8.98. The summed E-state index contributed by atoms with van der Waals surface area (Å²) in [6.45, 7) is 0. The highest BCUT2D eigenvalue weighted by molar-refractivity contribution is 7.92. The van der Waals surface area contributed by atoms with Crippen LogP contribution in [0.1, 0.15) is 21.5 Å². The second-order valence-electron chi connectivity index (χ2n) is 5.79. The summed E-state index contributed by atoms with van der Waals surface area (Å²) >= 11 is 0. The lowest BCUT2D eigenvalue weighted by Gasteiger charge is -2.15. The van der Waals surface area contributed by atoms with Crippen molar-refractivity contribution in [2.24, 2.45) is 0 Å². The number of ether oxygens (including phenoxy) is 1. The Labute approximate surface area is 154 Å². The smallest absolute Gasteiger partial charge is 0.457 e. The summed E-state index contributed by atoms with van der Waals surface area (Å²) in [6, 6.07) is 5.84. The van der Waals surface area contributed by atoms with Gasteiger partial charge in [0.1, 0.15) is 17.3 Å². The molecule has 0 spiro atoms. The predicted molar refractivity (Wildman–Crippen MR) is 83.8 cm³/mol. The average molecular weight is 417 g/mol. The zero-order valence-electron chi connectivity index (χ0n) is 13.5. The van der Waals surface area contributed by atoms with Gasteiger partial charge >= 0.3 is 5.51 Å². The zero-order chi connectivity index (χ0) is 20.9. The fourth-order valence-electron chi connectivity index (χ4n) is 2.77. The molecule has 0 N–H and O–H groups in total. The van der Waals surface area contributed by atoms with E-state index in [0.717, 1.165) is 24.3 Å². The van der Waals surface area contributed by atoms with Gasteiger partial charge in [0.2, 0.25) is 0 Å². The monoisotopic (exact) mass is 417 g/mol. The lowest BCUT2D eigenvalue weighted by molar-refractivity contribution is -0.0436. The molecule has 2 aromatic rings. The summed E-state index contributed by atoms with van der Waals surface area (Å²) in [5.41, 5.74) is -7.14. The molecule has 0 aliphatic heterocycles. The largest absolute Gasteiger partial charge is 0.501 e. The third kappa shape index (κ3) is 3.20. The Morgan fingerprint density at radius 1 is 1.18 bits per heavy atom. The number of hydrogen-bond acceptors (Lipinski definition) is 5. The van der Waals surface area contributed by atoms with Gasteiger partial charge in [-0.15, -0.1) is 0 Å². The van der Waals surface area contributed by atoms with Gasteiger partial charge in [0.15, 0.2) is 12.0 Å². The maximum Gasteiger partial charge on any atom is 0.501 e. The highest BCUT2D eigenvalue weighted by Gasteiger charge is 2.50. The van der Waals surface area contributed by atoms with Crippen LogP contribution in [0.15, 0.2) is 35.2 Å². The molecule has 5 nitrogen and oxygen atoms in total. The van der Waals surface area contributed by atoms with Crippen LogP contribution in [0.2, 0.25) is 0 Å². The second-order valence-corrected chi connectivity index (χ2v) is 7.70. The number of hydrogen-bond donors (Lipinski definition) is 0. The molecule has 146 valence electrons. The molecule has 1 aliphatic carbocycles. The van der Waals surface area contributed by atoms with E-state index in [1.807, 2.05) is 0 Å². The van der Waals surface area contributed by atoms with Crippen molar-refractivity contribution < 1.29 is 39.9 Å². The van der Waals surface area contributed by atoms with Crippen LogP contribution in [0.4, 0.5) is 22.0 Å². The van der Waals surface area contributed by atoms with Crippen LogP contribution < -0.4 is 4.74 Å². The Hall–Kier alpha value is -3.00. The van der Waals surface area contributed by atoms with Crippen molar-refractivity contribution in [3.63, 3.8) is 0 Å². The molecule has 1 atom stereocenters. The molecule has 0 bridgehead atoms. The molecular formula is C17H8F5NO4S. The van der Waals surface area contributed by atoms with Crippen LogP contribution in [0, 0.1) is 17.1 Å². The van der Waals surface area contributed by atoms with Crippen molar-refractivity contribution in [3.05, 3.63) is 52.8 Å². The van der Waals surface area contributed by atoms with Crippen LogP contribution >= 0.6 is 0 Å². The number of nitrogens with zero attached hydrogens (tertiary/aromatic N) is 1. The van der Waals surface area contributed by atoms with Crippen molar-refractivity contribution in [1.29, 1.82) is 5.26 Å². The van der Waals surface area contributed by atoms with Crippen molar-refractivity contribution in [2.45, 2.75) is 23.0 Å². The van der Waals surface area contributed by atoms with Crippen LogP contribution in [0.5, 0.6) is 11.5 Å². The summed E-state index contributed by atoms with van der Waals surface area (Å²) in [5.74, 6) is -2.82. The molecule has 0 saturated heterocycles. The summed E-state index contributed by atoms with van der Waals surface area (Å²) in [5, 5.41) is 8.84. The van der Waals surface area contributed by atoms with Gasteiger partial charge < -0.3 is 4.74 Å². The maximum atomic E-state index is 13.9. The van der Waals surface area contributed by atoms with Gasteiger partial charge in [-0.2, -0.15) is 18.4 Å². The van der Waals surface area contributed by atoms with Crippen molar-refractivity contribution in [3.8, 4) is 17.6 Å². The lowest BCUT2D eigenvalue weighted by Crippen LogP contribution is -2.25. The molecule has 1 unspecified atom stereocenters. The van der Waals surface area contributed by atoms with Crippen LogP contribution in [0.3, 0.4) is 0 Å². The van der Waals surface area contributed by atoms with E-state index in [4.69, 9.17) is 10.00 Å². The second kappa shape index (κ2) is 6.56. The number of carbonyl (C=O) groups excluding carboxylic acids is 1. The van der Waals surface area contributed by atoms with Gasteiger partial charge in [0.25, 0.3) is 9.84 Å². The Morgan fingerprint density at radius 2 is 1.86 bits per heavy atom. The Balaban J connectivity index is 2.16. The van der Waals surface area contributed by atoms with E-state index in [1.54, 1.807) is 6.07 Å². The predicted octanol–water partition coefficient (Wildman–Crippen LogP) is 3.86. The summed E-state index contributed by atoms with van der Waals surface area (Å²) in [7, 11) is -5.91. The van der Waals surface area contributed by atoms with E-state index in [2.05, 4.69) is 0 Å². The minimum atomic E-state index is -5.91. The number of nitriles is 1. The SMILES string of the molecule is N#Cc1cc(F)cc(Oc2ccc(S(=O)(=O)C(F)(F)F)c3c2CC(F)C3=O)c1. The molecule has 0 saturated carbocycles. The first-order chi connectivity index (χ1) is 13.0. The number of benzene rings is 2. The molecule has 0 radical (unpaired) electrons. The van der Waals surface area contributed by atoms with E-state index >= 15 is 0 Å². The number of carbonyl (C=O) groups is 1. The molecule has 1 aliphatic rings. The van der Waals surface area contributed by atoms with Gasteiger partial charge in [-0.3, -0.25) is 4.79 Å². The number of Topliss-reactive ketones (excluding diaryl/α,β-unsaturated/α-hetero) is 1. The van der Waals surface area contributed by atoms with E-state index < -0.39 is 50.0 Å². The first kappa shape index (κ1) is 19.8. The van der Waals surface area contributed by atoms with Crippen molar-refractivity contribution in [2.75, 3.05) is 0 Å². The molecule has 0 aromatic heterocycles. The number of ketones is 1. The molecule has 2 aromatic carbocycles. The van der Waals surface area contributed by atoms with Gasteiger partial charge in [-0.1, -0.05) is 0 Å². The molecule has 0 heterocycles. The average Bonchev–Trinajstić information content (AvgIpc) is 2.89. The van der Waals surface area contributed by atoms with E-state index in [9.17, 15) is 35.2 Å². The number of rotatable bonds is 3. The highest BCUT2D eigenvalue weighted by atomic mass is 32.2. The number of sulfone groups is 1. The number of halogens is 5. The van der Waals surface area contributed by atoms with Gasteiger partial charge in [-0.05, 0) is 24.3 Å². The standard InChI is InChI=1S/C17H8F5NO4S/c18-9-3-8(7-23)4-10(5-9)27-13-1-2-14(28(25,26)17(20,21)22)15-11(13)6-12(19)16(15)24/h1-5,12H,6H2. The summed E-state index contributed by atoms with van der Waals surface area (Å²) in [6.07, 6.45) is -2.95. The molecular weight excluding hydrogens is 409 g/mol. The highest BCUT2D eigenvalue weighted by Crippen LogP contribution is 2.42. The van der Waals surface area contributed by atoms with Crippen molar-refractivity contribution in [1.82, 2.24) is 0 Å². The van der Waals surface area contributed by atoms with E-state index in [1.165, 1.54) is 0 Å². The lowest BCUT2D eigenvalue weighted by atomic mass is 10.1. The molecule has 11 heteroatoms. The van der Waals surface area contributed by atoms with Crippen LogP contribution in [-0.4, -0.2) is 25.9 Å². The molecule has 3 rings (SSSR count). The van der Waals surface area contributed by atoms with Crippen molar-refractivity contribution >= 4 is 15.6 Å². The quantitative estimate of drug-likeness (QED) is 0.709. The van der Waals surface area contributed by atoms with Gasteiger partial charge in [-0.25, -0.2) is 17.2 Å². The first-order valence-electron chi connectivity index (χ1n) is 7.49. The fourth-order valence-corrected chi connectivity index (χ4v) is 3.76. The fraction of sp³-hybridized carbons (Fsp3) is 0.176. The minimum absolute atomic E-state index is 0.123. The molecule has 28 heavy (non-hydrogen) atoms. The third-order valence-electron chi connectivity index (χ3n) is 3.97. The topological polar surface area (TPSA) is 84.2 Å². The van der Waals surface area contributed by atoms with Gasteiger partial charge in [0, 0.05) is 23.6 Å². The Bertz CT molecular complexity index is 1140. The van der Waals surface area contributed by atoms with E-state index in [-0.39, 0.29) is 22.6 Å². The normalized spacial score (nSPS) is 16.6. The Kier molecular flexibility index (Phi) is 4.63. The van der Waals surface area contributed by atoms with Gasteiger partial charge in [0.05, 0.1) is 16.5 Å². The van der Waals surface area contributed by atoms with Crippen LogP contribution in [-0.2, 0) is 16.3 Å². The Morgan fingerprint density at radius 3 is 2.46 bits per heavy atom. The third-order valence-corrected chi connectivity index (χ3v) is 5.50. The molecule has 0 fully saturated rings. The number of fused-ring (bicyclic) bond motifs is 1. The summed E-state index contributed by atoms with van der Waals surface area (Å²) < 4.78 is 94.9. The maximum absolute atomic E-state index is 13.9. The van der Waals surface area contributed by atoms with E-state index in [0.29, 0.717) is 6.07 Å². The minimum Gasteiger partial charge on any atom is -0.457 e. The number of alkyl halides is 4.